The van der Waals surface area contributed by atoms with Crippen LogP contribution in [0.1, 0.15) is 0 Å². The topological polar surface area (TPSA) is 198 Å². The van der Waals surface area contributed by atoms with Crippen LogP contribution < -0.4 is 11.1 Å². The molecule has 0 aliphatic heterocycles. The first-order valence-electron chi connectivity index (χ1n) is 15.3. The molecule has 0 aliphatic carbocycles. The van der Waals surface area contributed by atoms with Crippen molar-refractivity contribution in [1.29, 1.82) is 0 Å². The fourth-order valence-corrected chi connectivity index (χ4v) is 9.14. The van der Waals surface area contributed by atoms with E-state index in [4.69, 9.17) is 0 Å². The average Bonchev–Trinajstić information content (AvgIpc) is 3.67. The van der Waals surface area contributed by atoms with Gasteiger partial charge < -0.3 is 5.11 Å². The number of nitrogens with zero attached hydrogens (tertiary/aromatic N) is 4. The molecule has 0 spiro atoms. The summed E-state index contributed by atoms with van der Waals surface area (Å²) >= 11 is 0. The lowest BCUT2D eigenvalue weighted by molar-refractivity contribution is 0.481. The summed E-state index contributed by atoms with van der Waals surface area (Å²) in [6.45, 7) is 0. The van der Waals surface area contributed by atoms with Gasteiger partial charge in [0, 0.05) is 43.1 Å². The molecule has 13 nitrogen and oxygen atoms in total. The van der Waals surface area contributed by atoms with Gasteiger partial charge in [0.2, 0.25) is 0 Å². The number of aromatic nitrogens is 4. The van der Waals surface area contributed by atoms with Crippen molar-refractivity contribution in [3.8, 4) is 5.75 Å². The van der Waals surface area contributed by atoms with Crippen molar-refractivity contribution in [3.05, 3.63) is 99.6 Å². The smallest absolute Gasteiger partial charge is 0.294 e. The molecule has 0 saturated heterocycles. The number of fused-ring (bicyclic) bond motifs is 10. The van der Waals surface area contributed by atoms with Gasteiger partial charge in [-0.3, -0.25) is 27.5 Å². The summed E-state index contributed by atoms with van der Waals surface area (Å²) < 4.78 is 69.6. The first kappa shape index (κ1) is 28.6. The van der Waals surface area contributed by atoms with E-state index in [-0.39, 0.29) is 27.3 Å². The second kappa shape index (κ2) is 8.72. The number of rotatable bonds is 2. The maximum absolute atomic E-state index is 14.2. The van der Waals surface area contributed by atoms with E-state index in [9.17, 15) is 40.6 Å². The molecular formula is C36H16N4O9S2. The molecule has 7 aromatic carbocycles. The molecule has 0 bridgehead atoms. The molecule has 4 aromatic heterocycles. The Morgan fingerprint density at radius 1 is 0.471 bits per heavy atom. The lowest BCUT2D eigenvalue weighted by atomic mass is 9.85. The highest BCUT2D eigenvalue weighted by atomic mass is 32.2. The zero-order valence-corrected chi connectivity index (χ0v) is 27.0. The molecule has 15 heteroatoms. The van der Waals surface area contributed by atoms with Gasteiger partial charge in [-0.2, -0.15) is 16.8 Å². The predicted molar refractivity (Wildman–Crippen MR) is 191 cm³/mol. The second-order valence-electron chi connectivity index (χ2n) is 12.7. The van der Waals surface area contributed by atoms with Crippen LogP contribution >= 0.6 is 0 Å². The monoisotopic (exact) mass is 712 g/mol. The van der Waals surface area contributed by atoms with Crippen molar-refractivity contribution in [1.82, 2.24) is 18.8 Å². The van der Waals surface area contributed by atoms with Gasteiger partial charge >= 0.3 is 0 Å². The minimum absolute atomic E-state index is 0.110. The summed E-state index contributed by atoms with van der Waals surface area (Å²) in [7, 11) is -9.11. The molecule has 11 aromatic rings. The minimum atomic E-state index is -4.57. The third kappa shape index (κ3) is 3.35. The van der Waals surface area contributed by atoms with Crippen LogP contribution in [0.4, 0.5) is 0 Å². The lowest BCUT2D eigenvalue weighted by Gasteiger charge is -2.19. The summed E-state index contributed by atoms with van der Waals surface area (Å²) in [5.74, 6) is -0.110. The summed E-state index contributed by atoms with van der Waals surface area (Å²) in [5, 5.41) is 18.5. The molecule has 0 fully saturated rings. The summed E-state index contributed by atoms with van der Waals surface area (Å²) in [5.41, 5.74) is 0.653. The highest BCUT2D eigenvalue weighted by Crippen LogP contribution is 2.48. The van der Waals surface area contributed by atoms with Crippen LogP contribution in [0.5, 0.6) is 5.75 Å². The molecule has 51 heavy (non-hydrogen) atoms. The maximum atomic E-state index is 14.2. The van der Waals surface area contributed by atoms with Gasteiger partial charge in [0.05, 0.1) is 31.9 Å². The molecule has 4 heterocycles. The Balaban J connectivity index is 1.32. The third-order valence-corrected chi connectivity index (χ3v) is 11.9. The summed E-state index contributed by atoms with van der Waals surface area (Å²) in [4.78, 5) is 36.9. The zero-order chi connectivity index (χ0) is 35.0. The van der Waals surface area contributed by atoms with Crippen molar-refractivity contribution in [2.45, 2.75) is 9.79 Å². The Bertz CT molecular complexity index is 3820. The SMILES string of the molecule is O=c1c2ccc3c4ccc5c(=O)n6c7cc(S(=O)(=O)O)ccc7nc6c6cc(O)c(c7ccc(c2c37)c2nc3ccc(S(=O)(=O)O)cc3n12)c4c56. The van der Waals surface area contributed by atoms with Crippen LogP contribution in [-0.4, -0.2) is 49.8 Å². The number of hydrogen-bond donors (Lipinski definition) is 3. The number of hydrogen-bond acceptors (Lipinski definition) is 9. The fourth-order valence-electron chi connectivity index (χ4n) is 8.14. The number of phenolic OH excluding ortho intramolecular Hbond substituents is 1. The number of pyridine rings is 2. The Labute approximate surface area is 282 Å². The summed E-state index contributed by atoms with van der Waals surface area (Å²) in [6, 6.07) is 19.7. The van der Waals surface area contributed by atoms with Gasteiger partial charge in [-0.15, -0.1) is 0 Å². The molecule has 0 amide bonds. The first-order chi connectivity index (χ1) is 24.3. The van der Waals surface area contributed by atoms with Crippen LogP contribution in [0.2, 0.25) is 0 Å². The van der Waals surface area contributed by atoms with Crippen molar-refractivity contribution < 1.29 is 31.0 Å². The Morgan fingerprint density at radius 3 is 1.45 bits per heavy atom. The Kier molecular flexibility index (Phi) is 4.88. The molecule has 0 aliphatic rings. The molecule has 246 valence electrons. The largest absolute Gasteiger partial charge is 0.507 e. The highest BCUT2D eigenvalue weighted by Gasteiger charge is 2.26. The van der Waals surface area contributed by atoms with E-state index in [0.29, 0.717) is 75.9 Å². The van der Waals surface area contributed by atoms with E-state index in [1.165, 1.54) is 51.3 Å². The lowest BCUT2D eigenvalue weighted by Crippen LogP contribution is -2.14. The van der Waals surface area contributed by atoms with E-state index in [1.807, 2.05) is 6.07 Å². The van der Waals surface area contributed by atoms with E-state index < -0.39 is 36.3 Å². The zero-order valence-electron chi connectivity index (χ0n) is 25.4. The fraction of sp³-hybridized carbons (Fsp3) is 0. The van der Waals surface area contributed by atoms with Gasteiger partial charge in [-0.25, -0.2) is 9.97 Å². The number of phenols is 1. The number of imidazole rings is 2. The normalized spacial score (nSPS) is 13.5. The van der Waals surface area contributed by atoms with E-state index in [2.05, 4.69) is 9.97 Å². The van der Waals surface area contributed by atoms with Crippen LogP contribution in [0.3, 0.4) is 0 Å². The van der Waals surface area contributed by atoms with Gasteiger partial charge in [0.15, 0.2) is 0 Å². The van der Waals surface area contributed by atoms with Gasteiger partial charge in [0.25, 0.3) is 31.4 Å². The van der Waals surface area contributed by atoms with Crippen LogP contribution in [0.15, 0.2) is 98.2 Å². The molecule has 0 unspecified atom stereocenters. The van der Waals surface area contributed by atoms with Crippen LogP contribution in [0, 0.1) is 0 Å². The van der Waals surface area contributed by atoms with Gasteiger partial charge in [0.1, 0.15) is 17.0 Å². The Morgan fingerprint density at radius 2 is 0.902 bits per heavy atom. The predicted octanol–water partition coefficient (Wildman–Crippen LogP) is 5.44. The van der Waals surface area contributed by atoms with E-state index >= 15 is 0 Å². The maximum Gasteiger partial charge on any atom is 0.294 e. The van der Waals surface area contributed by atoms with Gasteiger partial charge in [-0.05, 0) is 82.2 Å². The Hall–Kier alpha value is -6.26. The standard InChI is InChI=1S/C36H16N4O9S2/c41-27-13-22-30-21(36(43)40-26-12-15(51(47,48)49)2-10-24(26)38-34(22)40)8-4-17-16-3-7-20-29-19(6-5-18(28(16)29)31(27)32(17)30)33-37-23-9-1-14(50(44,45)46)11-25(23)39(33)35(20)42/h1-13,41H,(H,44,45,46)(H,47,48,49). The molecule has 0 radical (unpaired) electrons. The average molecular weight is 713 g/mol. The second-order valence-corrected chi connectivity index (χ2v) is 15.5. The van der Waals surface area contributed by atoms with Crippen molar-refractivity contribution in [2.24, 2.45) is 0 Å². The van der Waals surface area contributed by atoms with Gasteiger partial charge in [-0.1, -0.05) is 18.2 Å². The molecule has 0 atom stereocenters. The van der Waals surface area contributed by atoms with E-state index in [0.717, 1.165) is 5.39 Å². The number of aromatic hydroxyl groups is 1. The molecule has 11 rings (SSSR count). The van der Waals surface area contributed by atoms with Crippen molar-refractivity contribution in [3.63, 3.8) is 0 Å². The van der Waals surface area contributed by atoms with Crippen LogP contribution in [0.25, 0.3) is 98.0 Å². The first-order valence-corrected chi connectivity index (χ1v) is 18.2. The van der Waals surface area contributed by atoms with Crippen molar-refractivity contribution in [2.75, 3.05) is 0 Å². The van der Waals surface area contributed by atoms with Crippen molar-refractivity contribution >= 4 is 118 Å². The molecular weight excluding hydrogens is 697 g/mol. The third-order valence-electron chi connectivity index (χ3n) is 10.2. The van der Waals surface area contributed by atoms with Crippen LogP contribution in [-0.2, 0) is 20.2 Å². The quantitative estimate of drug-likeness (QED) is 0.117. The molecule has 3 N–H and O–H groups in total. The van der Waals surface area contributed by atoms with E-state index in [1.54, 1.807) is 30.3 Å². The summed E-state index contributed by atoms with van der Waals surface area (Å²) in [6.07, 6.45) is 0. The number of benzene rings is 7. The molecule has 0 saturated carbocycles. The minimum Gasteiger partial charge on any atom is -0.507 e. The highest BCUT2D eigenvalue weighted by molar-refractivity contribution is 7.86.